The molecular weight excluding hydrogens is 202 g/mol. The van der Waals surface area contributed by atoms with Crippen molar-refractivity contribution in [3.05, 3.63) is 41.5 Å². The predicted molar refractivity (Wildman–Crippen MR) is 55.5 cm³/mol. The van der Waals surface area contributed by atoms with Gasteiger partial charge in [0, 0.05) is 0 Å². The fourth-order valence-corrected chi connectivity index (χ4v) is 1.36. The van der Waals surface area contributed by atoms with Crippen LogP contribution in [0.1, 0.15) is 17.0 Å². The van der Waals surface area contributed by atoms with E-state index in [1.54, 1.807) is 6.07 Å². The van der Waals surface area contributed by atoms with E-state index >= 15 is 0 Å². The van der Waals surface area contributed by atoms with Gasteiger partial charge in [-0.1, -0.05) is 6.07 Å². The van der Waals surface area contributed by atoms with Gasteiger partial charge in [0.25, 0.3) is 5.82 Å². The van der Waals surface area contributed by atoms with Crippen LogP contribution < -0.4 is 0 Å². The van der Waals surface area contributed by atoms with Gasteiger partial charge in [-0.3, -0.25) is 0 Å². The zero-order valence-corrected chi connectivity index (χ0v) is 8.55. The van der Waals surface area contributed by atoms with E-state index in [0.29, 0.717) is 11.3 Å². The highest BCUT2D eigenvalue weighted by molar-refractivity contribution is 5.49. The molecule has 5 heteroatoms. The number of hydrogen-bond donors (Lipinski definition) is 0. The summed E-state index contributed by atoms with van der Waals surface area (Å²) in [5.74, 6) is 0.0883. The Morgan fingerprint density at radius 3 is 2.69 bits per heavy atom. The molecule has 0 radical (unpaired) electrons. The first kappa shape index (κ1) is 9.88. The maximum atomic E-state index is 8.96. The van der Waals surface area contributed by atoms with E-state index in [1.807, 2.05) is 25.1 Å². The first-order chi connectivity index (χ1) is 7.74. The Bertz CT molecular complexity index is 612. The molecule has 0 N–H and O–H groups in total. The van der Waals surface area contributed by atoms with Crippen molar-refractivity contribution in [2.75, 3.05) is 0 Å². The minimum Gasteiger partial charge on any atom is -0.218 e. The van der Waals surface area contributed by atoms with E-state index in [1.165, 1.54) is 11.0 Å². The first-order valence-electron chi connectivity index (χ1n) is 4.57. The summed E-state index contributed by atoms with van der Waals surface area (Å²) in [4.78, 5) is 3.80. The van der Waals surface area contributed by atoms with Gasteiger partial charge in [-0.25, -0.2) is 9.67 Å². The quantitative estimate of drug-likeness (QED) is 0.709. The van der Waals surface area contributed by atoms with Crippen molar-refractivity contribution in [2.24, 2.45) is 0 Å². The highest BCUT2D eigenvalue weighted by Gasteiger charge is 2.07. The molecule has 0 unspecified atom stereocenters. The molecule has 0 saturated heterocycles. The normalized spacial score (nSPS) is 9.44. The van der Waals surface area contributed by atoms with Crippen molar-refractivity contribution >= 4 is 0 Å². The number of aromatic nitrogens is 3. The molecule has 1 aromatic carbocycles. The summed E-state index contributed by atoms with van der Waals surface area (Å²) >= 11 is 0. The second kappa shape index (κ2) is 3.84. The molecule has 1 heterocycles. The van der Waals surface area contributed by atoms with Gasteiger partial charge in [0.15, 0.2) is 0 Å². The Balaban J connectivity index is 2.60. The number of nitrogens with zero attached hydrogens (tertiary/aromatic N) is 5. The SMILES string of the molecule is Cc1ccc(C#N)c(-n2cnc(C#N)n2)c1. The minimum atomic E-state index is 0.0883. The number of rotatable bonds is 1. The van der Waals surface area contributed by atoms with Crippen molar-refractivity contribution in [3.8, 4) is 17.8 Å². The van der Waals surface area contributed by atoms with Crippen LogP contribution in [0.3, 0.4) is 0 Å². The Morgan fingerprint density at radius 1 is 1.25 bits per heavy atom. The molecule has 16 heavy (non-hydrogen) atoms. The van der Waals surface area contributed by atoms with Crippen molar-refractivity contribution in [2.45, 2.75) is 6.92 Å². The van der Waals surface area contributed by atoms with Crippen molar-refractivity contribution < 1.29 is 0 Å². The third-order valence-electron chi connectivity index (χ3n) is 2.11. The van der Waals surface area contributed by atoms with Crippen LogP contribution in [0.2, 0.25) is 0 Å². The smallest absolute Gasteiger partial charge is 0.218 e. The maximum Gasteiger partial charge on any atom is 0.252 e. The second-order valence-corrected chi connectivity index (χ2v) is 3.26. The number of benzene rings is 1. The Hall–Kier alpha value is -2.66. The number of nitriles is 2. The fourth-order valence-electron chi connectivity index (χ4n) is 1.36. The zero-order valence-electron chi connectivity index (χ0n) is 8.55. The molecule has 0 aliphatic heterocycles. The van der Waals surface area contributed by atoms with Crippen LogP contribution in [0.15, 0.2) is 24.5 Å². The third kappa shape index (κ3) is 1.62. The van der Waals surface area contributed by atoms with Crippen molar-refractivity contribution in [3.63, 3.8) is 0 Å². The molecule has 0 saturated carbocycles. The van der Waals surface area contributed by atoms with Crippen LogP contribution in [0.5, 0.6) is 0 Å². The van der Waals surface area contributed by atoms with E-state index < -0.39 is 0 Å². The second-order valence-electron chi connectivity index (χ2n) is 3.26. The van der Waals surface area contributed by atoms with E-state index in [2.05, 4.69) is 16.2 Å². The maximum absolute atomic E-state index is 8.96. The monoisotopic (exact) mass is 209 g/mol. The van der Waals surface area contributed by atoms with Gasteiger partial charge in [0.1, 0.15) is 18.5 Å². The minimum absolute atomic E-state index is 0.0883. The van der Waals surface area contributed by atoms with E-state index in [-0.39, 0.29) is 5.82 Å². The van der Waals surface area contributed by atoms with Crippen LogP contribution in [-0.2, 0) is 0 Å². The van der Waals surface area contributed by atoms with Gasteiger partial charge >= 0.3 is 0 Å². The van der Waals surface area contributed by atoms with Gasteiger partial charge in [0.2, 0.25) is 0 Å². The largest absolute Gasteiger partial charge is 0.252 e. The molecule has 0 amide bonds. The lowest BCUT2D eigenvalue weighted by Crippen LogP contribution is -1.99. The standard InChI is InChI=1S/C11H7N5/c1-8-2-3-9(5-12)10(4-8)16-7-14-11(6-13)15-16/h2-4,7H,1H3. The van der Waals surface area contributed by atoms with Gasteiger partial charge < -0.3 is 0 Å². The molecule has 0 spiro atoms. The number of hydrogen-bond acceptors (Lipinski definition) is 4. The molecule has 0 atom stereocenters. The zero-order chi connectivity index (χ0) is 11.5. The summed E-state index contributed by atoms with van der Waals surface area (Å²) < 4.78 is 1.43. The summed E-state index contributed by atoms with van der Waals surface area (Å²) in [6.45, 7) is 1.92. The topological polar surface area (TPSA) is 78.3 Å². The van der Waals surface area contributed by atoms with Gasteiger partial charge in [-0.2, -0.15) is 10.5 Å². The molecule has 76 valence electrons. The molecule has 0 aliphatic rings. The van der Waals surface area contributed by atoms with Gasteiger partial charge in [0.05, 0.1) is 11.3 Å². The van der Waals surface area contributed by atoms with E-state index in [9.17, 15) is 0 Å². The summed E-state index contributed by atoms with van der Waals surface area (Å²) in [5.41, 5.74) is 2.15. The van der Waals surface area contributed by atoms with Crippen LogP contribution in [0, 0.1) is 29.6 Å². The molecule has 1 aromatic heterocycles. The molecule has 0 aliphatic carbocycles. The molecule has 0 bridgehead atoms. The molecular formula is C11H7N5. The molecule has 2 rings (SSSR count). The Labute approximate surface area is 92.2 Å². The van der Waals surface area contributed by atoms with Crippen LogP contribution >= 0.6 is 0 Å². The average Bonchev–Trinajstić information content (AvgIpc) is 2.77. The summed E-state index contributed by atoms with van der Waals surface area (Å²) in [5, 5.41) is 21.5. The molecule has 5 nitrogen and oxygen atoms in total. The predicted octanol–water partition coefficient (Wildman–Crippen LogP) is 1.32. The van der Waals surface area contributed by atoms with Crippen LogP contribution in [0.4, 0.5) is 0 Å². The summed E-state index contributed by atoms with van der Waals surface area (Å²) in [7, 11) is 0. The lowest BCUT2D eigenvalue weighted by Gasteiger charge is -2.03. The van der Waals surface area contributed by atoms with Crippen molar-refractivity contribution in [1.82, 2.24) is 14.8 Å². The van der Waals surface area contributed by atoms with Gasteiger partial charge in [-0.05, 0) is 24.6 Å². The van der Waals surface area contributed by atoms with E-state index in [0.717, 1.165) is 5.56 Å². The Kier molecular flexibility index (Phi) is 2.37. The average molecular weight is 209 g/mol. The van der Waals surface area contributed by atoms with Crippen molar-refractivity contribution in [1.29, 1.82) is 10.5 Å². The highest BCUT2D eigenvalue weighted by atomic mass is 15.3. The number of aryl methyl sites for hydroxylation is 1. The fraction of sp³-hybridized carbons (Fsp3) is 0.0909. The lowest BCUT2D eigenvalue weighted by molar-refractivity contribution is 0.868. The summed E-state index contributed by atoms with van der Waals surface area (Å²) in [6.07, 6.45) is 1.42. The molecule has 0 fully saturated rings. The third-order valence-corrected chi connectivity index (χ3v) is 2.11. The highest BCUT2D eigenvalue weighted by Crippen LogP contribution is 2.14. The molecule has 2 aromatic rings. The first-order valence-corrected chi connectivity index (χ1v) is 4.57. The van der Waals surface area contributed by atoms with Crippen LogP contribution in [0.25, 0.3) is 5.69 Å². The van der Waals surface area contributed by atoms with Gasteiger partial charge in [-0.15, -0.1) is 5.10 Å². The van der Waals surface area contributed by atoms with Crippen LogP contribution in [-0.4, -0.2) is 14.8 Å². The lowest BCUT2D eigenvalue weighted by atomic mass is 10.1. The Morgan fingerprint density at radius 2 is 2.06 bits per heavy atom. The summed E-state index contributed by atoms with van der Waals surface area (Å²) in [6, 6.07) is 9.32. The van der Waals surface area contributed by atoms with E-state index in [4.69, 9.17) is 10.5 Å².